The van der Waals surface area contributed by atoms with Crippen molar-refractivity contribution in [1.29, 1.82) is 0 Å². The van der Waals surface area contributed by atoms with Crippen LogP contribution in [0.3, 0.4) is 0 Å². The number of hydrogen-bond acceptors (Lipinski definition) is 3. The van der Waals surface area contributed by atoms with Crippen LogP contribution in [0.15, 0.2) is 24.3 Å². The minimum absolute atomic E-state index is 0.186. The van der Waals surface area contributed by atoms with E-state index >= 15 is 0 Å². The van der Waals surface area contributed by atoms with Crippen molar-refractivity contribution in [2.75, 3.05) is 6.54 Å². The number of phenolic OH excluding ortho intramolecular Hbond substituents is 1. The van der Waals surface area contributed by atoms with E-state index in [1.807, 2.05) is 12.1 Å². The van der Waals surface area contributed by atoms with Gasteiger partial charge in [0, 0.05) is 12.1 Å². The molecule has 0 saturated heterocycles. The summed E-state index contributed by atoms with van der Waals surface area (Å²) in [6, 6.07) is 7.91. The highest BCUT2D eigenvalue weighted by Crippen LogP contribution is 2.33. The molecule has 1 aliphatic carbocycles. The van der Waals surface area contributed by atoms with Crippen LogP contribution in [0.4, 0.5) is 0 Å². The molecule has 2 rings (SSSR count). The number of carbonyl (C=O) groups excluding carboxylic acids is 1. The van der Waals surface area contributed by atoms with Crippen LogP contribution in [-0.4, -0.2) is 28.5 Å². The van der Waals surface area contributed by atoms with Crippen LogP contribution in [0.25, 0.3) is 0 Å². The molecule has 0 spiro atoms. The summed E-state index contributed by atoms with van der Waals surface area (Å²) >= 11 is 0. The second kappa shape index (κ2) is 6.75. The Morgan fingerprint density at radius 2 is 1.95 bits per heavy atom. The smallest absolute Gasteiger partial charge is 0.231 e. The zero-order valence-electron chi connectivity index (χ0n) is 12.1. The predicted octanol–water partition coefficient (Wildman–Crippen LogP) is 2.57. The Balaban J connectivity index is 2.23. The fourth-order valence-electron chi connectivity index (χ4n) is 3.27. The zero-order chi connectivity index (χ0) is 14.5. The summed E-state index contributed by atoms with van der Waals surface area (Å²) < 4.78 is 0. The molecule has 0 bridgehead atoms. The Kier molecular flexibility index (Phi) is 5.01. The first kappa shape index (κ1) is 14.9. The van der Waals surface area contributed by atoms with E-state index in [1.165, 1.54) is 12.8 Å². The van der Waals surface area contributed by atoms with E-state index in [0.29, 0.717) is 12.6 Å². The summed E-state index contributed by atoms with van der Waals surface area (Å²) in [5.74, 6) is 0.0000454. The number of aromatic hydroxyl groups is 1. The minimum Gasteiger partial charge on any atom is -0.508 e. The van der Waals surface area contributed by atoms with Gasteiger partial charge in [0.15, 0.2) is 0 Å². The van der Waals surface area contributed by atoms with Gasteiger partial charge in [0.05, 0.1) is 6.54 Å². The molecular weight excluding hydrogens is 252 g/mol. The summed E-state index contributed by atoms with van der Waals surface area (Å²) in [7, 11) is 0. The summed E-state index contributed by atoms with van der Waals surface area (Å²) in [6.07, 6.45) is 5.66. The lowest BCUT2D eigenvalue weighted by Gasteiger charge is -2.35. The van der Waals surface area contributed by atoms with Gasteiger partial charge in [-0.05, 0) is 37.0 Å². The van der Waals surface area contributed by atoms with Gasteiger partial charge in [-0.1, -0.05) is 31.9 Å². The highest BCUT2D eigenvalue weighted by atomic mass is 16.3. The number of nitrogens with two attached hydrogens (primary N) is 1. The maximum Gasteiger partial charge on any atom is 0.231 e. The lowest BCUT2D eigenvalue weighted by molar-refractivity contribution is -0.120. The first-order chi connectivity index (χ1) is 9.61. The highest BCUT2D eigenvalue weighted by Gasteiger charge is 2.29. The normalized spacial score (nSPS) is 17.5. The Morgan fingerprint density at radius 3 is 2.45 bits per heavy atom. The fourth-order valence-corrected chi connectivity index (χ4v) is 3.27. The van der Waals surface area contributed by atoms with E-state index in [4.69, 9.17) is 5.73 Å². The number of amides is 1. The minimum atomic E-state index is -0.269. The van der Waals surface area contributed by atoms with Gasteiger partial charge in [-0.2, -0.15) is 0 Å². The van der Waals surface area contributed by atoms with Crippen LogP contribution in [-0.2, 0) is 4.79 Å². The summed E-state index contributed by atoms with van der Waals surface area (Å²) in [4.78, 5) is 13.7. The lowest BCUT2D eigenvalue weighted by atomic mass is 10.00. The van der Waals surface area contributed by atoms with Gasteiger partial charge in [-0.15, -0.1) is 0 Å². The van der Waals surface area contributed by atoms with Crippen LogP contribution in [0.1, 0.15) is 50.6 Å². The van der Waals surface area contributed by atoms with Crippen molar-refractivity contribution in [2.45, 2.75) is 51.1 Å². The van der Waals surface area contributed by atoms with Crippen molar-refractivity contribution in [3.8, 4) is 5.75 Å². The highest BCUT2D eigenvalue weighted by molar-refractivity contribution is 5.76. The van der Waals surface area contributed by atoms with Gasteiger partial charge in [-0.3, -0.25) is 9.69 Å². The van der Waals surface area contributed by atoms with Gasteiger partial charge >= 0.3 is 0 Å². The molecule has 4 heteroatoms. The van der Waals surface area contributed by atoms with E-state index in [9.17, 15) is 9.90 Å². The third kappa shape index (κ3) is 3.51. The van der Waals surface area contributed by atoms with Crippen molar-refractivity contribution in [1.82, 2.24) is 4.90 Å². The number of nitrogens with zero attached hydrogens (tertiary/aromatic N) is 1. The van der Waals surface area contributed by atoms with Gasteiger partial charge < -0.3 is 10.8 Å². The Bertz CT molecular complexity index is 438. The van der Waals surface area contributed by atoms with E-state index in [2.05, 4.69) is 11.8 Å². The van der Waals surface area contributed by atoms with E-state index in [0.717, 1.165) is 24.8 Å². The summed E-state index contributed by atoms with van der Waals surface area (Å²) in [6.45, 7) is 2.44. The van der Waals surface area contributed by atoms with Crippen LogP contribution >= 0.6 is 0 Å². The molecule has 0 heterocycles. The molecule has 1 aromatic rings. The monoisotopic (exact) mass is 276 g/mol. The molecular formula is C16H24N2O2. The number of benzene rings is 1. The van der Waals surface area contributed by atoms with Crippen LogP contribution in [0, 0.1) is 0 Å². The summed E-state index contributed by atoms with van der Waals surface area (Å²) in [5, 5.41) is 9.42. The topological polar surface area (TPSA) is 66.6 Å². The molecule has 3 N–H and O–H groups in total. The molecule has 110 valence electrons. The first-order valence-electron chi connectivity index (χ1n) is 7.44. The maximum atomic E-state index is 11.4. The van der Waals surface area contributed by atoms with E-state index < -0.39 is 0 Å². The standard InChI is InChI=1S/C16H24N2O2/c1-2-15(12-7-9-14(19)10-8-12)18(11-16(17)20)13-5-3-4-6-13/h7-10,13,15,19H,2-6,11H2,1H3,(H2,17,20). The molecule has 1 atom stereocenters. The van der Waals surface area contributed by atoms with Crippen molar-refractivity contribution in [3.05, 3.63) is 29.8 Å². The van der Waals surface area contributed by atoms with E-state index in [1.54, 1.807) is 12.1 Å². The molecule has 1 fully saturated rings. The van der Waals surface area contributed by atoms with Crippen LogP contribution < -0.4 is 5.73 Å². The van der Waals surface area contributed by atoms with Gasteiger partial charge in [0.2, 0.25) is 5.91 Å². The van der Waals surface area contributed by atoms with E-state index in [-0.39, 0.29) is 17.7 Å². The molecule has 0 aliphatic heterocycles. The number of hydrogen-bond donors (Lipinski definition) is 2. The van der Waals surface area contributed by atoms with Crippen molar-refractivity contribution in [3.63, 3.8) is 0 Å². The molecule has 1 aromatic carbocycles. The summed E-state index contributed by atoms with van der Waals surface area (Å²) in [5.41, 5.74) is 6.57. The molecule has 4 nitrogen and oxygen atoms in total. The SMILES string of the molecule is CCC(c1ccc(O)cc1)N(CC(N)=O)C1CCCC1. The largest absolute Gasteiger partial charge is 0.508 e. The average Bonchev–Trinajstić information content (AvgIpc) is 2.94. The lowest BCUT2D eigenvalue weighted by Crippen LogP contribution is -2.42. The molecule has 0 radical (unpaired) electrons. The third-order valence-electron chi connectivity index (χ3n) is 4.20. The maximum absolute atomic E-state index is 11.4. The van der Waals surface area contributed by atoms with Crippen molar-refractivity contribution in [2.24, 2.45) is 5.73 Å². The number of phenols is 1. The second-order valence-electron chi connectivity index (χ2n) is 5.59. The first-order valence-corrected chi connectivity index (χ1v) is 7.44. The number of carbonyl (C=O) groups is 1. The molecule has 1 unspecified atom stereocenters. The number of primary amides is 1. The van der Waals surface area contributed by atoms with Crippen LogP contribution in [0.2, 0.25) is 0 Å². The Labute approximate surface area is 120 Å². The van der Waals surface area contributed by atoms with Crippen molar-refractivity contribution < 1.29 is 9.90 Å². The molecule has 0 aromatic heterocycles. The molecule has 1 amide bonds. The predicted molar refractivity (Wildman–Crippen MR) is 79.3 cm³/mol. The Hall–Kier alpha value is -1.55. The quantitative estimate of drug-likeness (QED) is 0.839. The molecule has 1 aliphatic rings. The molecule has 1 saturated carbocycles. The molecule has 20 heavy (non-hydrogen) atoms. The van der Waals surface area contributed by atoms with Gasteiger partial charge in [-0.25, -0.2) is 0 Å². The second-order valence-corrected chi connectivity index (χ2v) is 5.59. The third-order valence-corrected chi connectivity index (χ3v) is 4.20. The Morgan fingerprint density at radius 1 is 1.35 bits per heavy atom. The fraction of sp³-hybridized carbons (Fsp3) is 0.562. The number of rotatable bonds is 6. The van der Waals surface area contributed by atoms with Crippen molar-refractivity contribution >= 4 is 5.91 Å². The van der Waals surface area contributed by atoms with Gasteiger partial charge in [0.1, 0.15) is 5.75 Å². The van der Waals surface area contributed by atoms with Crippen LogP contribution in [0.5, 0.6) is 5.75 Å². The average molecular weight is 276 g/mol. The van der Waals surface area contributed by atoms with Gasteiger partial charge in [0.25, 0.3) is 0 Å². The zero-order valence-corrected chi connectivity index (χ0v) is 12.1.